The van der Waals surface area contributed by atoms with Crippen molar-refractivity contribution in [3.8, 4) is 0 Å². The number of amides is 1. The van der Waals surface area contributed by atoms with Crippen LogP contribution in [0.4, 0.5) is 0 Å². The van der Waals surface area contributed by atoms with E-state index in [1.807, 2.05) is 4.90 Å². The quantitative estimate of drug-likeness (QED) is 0.783. The Morgan fingerprint density at radius 1 is 1.22 bits per heavy atom. The van der Waals surface area contributed by atoms with Crippen molar-refractivity contribution in [1.82, 2.24) is 10.2 Å². The number of hydrogen-bond donors (Lipinski definition) is 2. The van der Waals surface area contributed by atoms with E-state index in [0.717, 1.165) is 25.9 Å². The second-order valence-electron chi connectivity index (χ2n) is 5.44. The van der Waals surface area contributed by atoms with Gasteiger partial charge >= 0.3 is 5.97 Å². The molecule has 0 spiro atoms. The maximum absolute atomic E-state index is 12.2. The molecule has 2 N–H and O–H groups in total. The van der Waals surface area contributed by atoms with Crippen molar-refractivity contribution in [2.75, 3.05) is 20.1 Å². The van der Waals surface area contributed by atoms with Gasteiger partial charge < -0.3 is 15.3 Å². The third-order valence-electron chi connectivity index (χ3n) is 4.49. The molecule has 0 aromatic heterocycles. The van der Waals surface area contributed by atoms with Crippen molar-refractivity contribution >= 4 is 11.9 Å². The molecule has 1 saturated heterocycles. The number of carboxylic acids is 1. The predicted octanol–water partition coefficient (Wildman–Crippen LogP) is 0.842. The molecule has 0 aromatic rings. The van der Waals surface area contributed by atoms with E-state index in [1.54, 1.807) is 7.05 Å². The maximum atomic E-state index is 12.2. The van der Waals surface area contributed by atoms with Gasteiger partial charge in [-0.1, -0.05) is 0 Å². The highest BCUT2D eigenvalue weighted by Gasteiger charge is 2.42. The predicted molar refractivity (Wildman–Crippen MR) is 67.2 cm³/mol. The molecule has 1 aliphatic heterocycles. The van der Waals surface area contributed by atoms with Gasteiger partial charge in [0, 0.05) is 19.0 Å². The molecule has 102 valence electrons. The summed E-state index contributed by atoms with van der Waals surface area (Å²) < 4.78 is 0. The van der Waals surface area contributed by atoms with Gasteiger partial charge in [-0.05, 0) is 45.6 Å². The van der Waals surface area contributed by atoms with Crippen LogP contribution in [0.3, 0.4) is 0 Å². The Morgan fingerprint density at radius 3 is 2.22 bits per heavy atom. The van der Waals surface area contributed by atoms with Gasteiger partial charge in [-0.15, -0.1) is 0 Å². The molecule has 5 heteroatoms. The Hall–Kier alpha value is -1.10. The van der Waals surface area contributed by atoms with Crippen LogP contribution in [-0.2, 0) is 9.59 Å². The lowest BCUT2D eigenvalue weighted by Gasteiger charge is -2.37. The third kappa shape index (κ3) is 2.36. The fraction of sp³-hybridized carbons (Fsp3) is 0.846. The van der Waals surface area contributed by atoms with Crippen molar-refractivity contribution in [2.45, 2.75) is 44.1 Å². The fourth-order valence-corrected chi connectivity index (χ4v) is 3.12. The van der Waals surface area contributed by atoms with Crippen LogP contribution in [-0.4, -0.2) is 47.6 Å². The van der Waals surface area contributed by atoms with Crippen molar-refractivity contribution in [1.29, 1.82) is 0 Å². The fourth-order valence-electron chi connectivity index (χ4n) is 3.12. The number of carboxylic acid groups (broad SMARTS) is 1. The smallest absolute Gasteiger partial charge is 0.323 e. The highest BCUT2D eigenvalue weighted by molar-refractivity contribution is 5.82. The molecule has 18 heavy (non-hydrogen) atoms. The molecule has 2 fully saturated rings. The van der Waals surface area contributed by atoms with Crippen LogP contribution in [0.5, 0.6) is 0 Å². The number of rotatable bonds is 3. The van der Waals surface area contributed by atoms with Crippen LogP contribution in [0.2, 0.25) is 0 Å². The first-order chi connectivity index (χ1) is 8.59. The Kier molecular flexibility index (Phi) is 3.90. The Balaban J connectivity index is 1.93. The molecule has 5 nitrogen and oxygen atoms in total. The summed E-state index contributed by atoms with van der Waals surface area (Å²) in [7, 11) is 1.69. The summed E-state index contributed by atoms with van der Waals surface area (Å²) in [5, 5.41) is 12.2. The zero-order chi connectivity index (χ0) is 13.2. The summed E-state index contributed by atoms with van der Waals surface area (Å²) in [4.78, 5) is 25.5. The zero-order valence-electron chi connectivity index (χ0n) is 10.9. The van der Waals surface area contributed by atoms with E-state index >= 15 is 0 Å². The van der Waals surface area contributed by atoms with E-state index in [9.17, 15) is 14.7 Å². The van der Waals surface area contributed by atoms with Gasteiger partial charge in [0.05, 0.1) is 0 Å². The van der Waals surface area contributed by atoms with Gasteiger partial charge in [0.15, 0.2) is 0 Å². The first-order valence-corrected chi connectivity index (χ1v) is 6.80. The van der Waals surface area contributed by atoms with Gasteiger partial charge in [-0.3, -0.25) is 9.59 Å². The maximum Gasteiger partial charge on any atom is 0.323 e. The zero-order valence-corrected chi connectivity index (χ0v) is 10.9. The first-order valence-electron chi connectivity index (χ1n) is 6.80. The van der Waals surface area contributed by atoms with Gasteiger partial charge in [0.1, 0.15) is 5.54 Å². The number of aliphatic carboxylic acids is 1. The summed E-state index contributed by atoms with van der Waals surface area (Å²) in [5.41, 5.74) is -0.818. The lowest BCUT2D eigenvalue weighted by atomic mass is 9.76. The molecule has 2 rings (SSSR count). The van der Waals surface area contributed by atoms with Crippen molar-refractivity contribution in [3.05, 3.63) is 0 Å². The van der Waals surface area contributed by atoms with Crippen molar-refractivity contribution < 1.29 is 14.7 Å². The topological polar surface area (TPSA) is 69.6 Å². The summed E-state index contributed by atoms with van der Waals surface area (Å²) in [6.45, 7) is 1.76. The Bertz CT molecular complexity index is 329. The third-order valence-corrected chi connectivity index (χ3v) is 4.49. The van der Waals surface area contributed by atoms with Crippen LogP contribution >= 0.6 is 0 Å². The lowest BCUT2D eigenvalue weighted by molar-refractivity contribution is -0.148. The number of likely N-dealkylation sites (N-methyl/N-ethyl adjacent to an activating group) is 1. The van der Waals surface area contributed by atoms with Crippen LogP contribution < -0.4 is 5.32 Å². The van der Waals surface area contributed by atoms with Gasteiger partial charge in [0.25, 0.3) is 0 Å². The number of nitrogens with one attached hydrogen (secondary N) is 1. The SMILES string of the molecule is CNC1(C(=O)O)CCC(C(=O)N2CCCC2)CC1. The van der Waals surface area contributed by atoms with E-state index in [-0.39, 0.29) is 11.8 Å². The van der Waals surface area contributed by atoms with E-state index < -0.39 is 11.5 Å². The van der Waals surface area contributed by atoms with Crippen molar-refractivity contribution in [3.63, 3.8) is 0 Å². The number of hydrogen-bond acceptors (Lipinski definition) is 3. The van der Waals surface area contributed by atoms with E-state index in [4.69, 9.17) is 0 Å². The number of likely N-dealkylation sites (tertiary alicyclic amines) is 1. The van der Waals surface area contributed by atoms with Gasteiger partial charge in [0.2, 0.25) is 5.91 Å². The van der Waals surface area contributed by atoms with Crippen molar-refractivity contribution in [2.24, 2.45) is 5.92 Å². The minimum Gasteiger partial charge on any atom is -0.480 e. The van der Waals surface area contributed by atoms with Gasteiger partial charge in [-0.2, -0.15) is 0 Å². The minimum atomic E-state index is -0.818. The standard InChI is InChI=1S/C13H22N2O3/c1-14-13(12(17)18)6-4-10(5-7-13)11(16)15-8-2-3-9-15/h10,14H,2-9H2,1H3,(H,17,18). The average molecular weight is 254 g/mol. The molecular formula is C13H22N2O3. The molecule has 0 radical (unpaired) electrons. The molecule has 0 aromatic carbocycles. The van der Waals surface area contributed by atoms with E-state index in [0.29, 0.717) is 25.7 Å². The molecule has 1 saturated carbocycles. The van der Waals surface area contributed by atoms with E-state index in [1.165, 1.54) is 0 Å². The number of carbonyl (C=O) groups excluding carboxylic acids is 1. The van der Waals surface area contributed by atoms with Crippen LogP contribution in [0.25, 0.3) is 0 Å². The minimum absolute atomic E-state index is 0.0314. The normalized spacial score (nSPS) is 32.5. The lowest BCUT2D eigenvalue weighted by Crippen LogP contribution is -2.53. The van der Waals surface area contributed by atoms with Crippen LogP contribution in [0.1, 0.15) is 38.5 Å². The molecular weight excluding hydrogens is 232 g/mol. The molecule has 0 unspecified atom stereocenters. The highest BCUT2D eigenvalue weighted by atomic mass is 16.4. The van der Waals surface area contributed by atoms with Gasteiger partial charge in [-0.25, -0.2) is 0 Å². The average Bonchev–Trinajstić information content (AvgIpc) is 2.91. The Labute approximate surface area is 108 Å². The first kappa shape index (κ1) is 13.3. The van der Waals surface area contributed by atoms with Crippen LogP contribution in [0, 0.1) is 5.92 Å². The number of nitrogens with zero attached hydrogens (tertiary/aromatic N) is 1. The highest BCUT2D eigenvalue weighted by Crippen LogP contribution is 2.33. The Morgan fingerprint density at radius 2 is 1.78 bits per heavy atom. The second-order valence-corrected chi connectivity index (χ2v) is 5.44. The molecule has 1 heterocycles. The molecule has 1 aliphatic carbocycles. The summed E-state index contributed by atoms with van der Waals surface area (Å²) in [6.07, 6.45) is 4.67. The summed E-state index contributed by atoms with van der Waals surface area (Å²) >= 11 is 0. The monoisotopic (exact) mass is 254 g/mol. The summed E-state index contributed by atoms with van der Waals surface area (Å²) in [6, 6.07) is 0. The van der Waals surface area contributed by atoms with E-state index in [2.05, 4.69) is 5.32 Å². The van der Waals surface area contributed by atoms with Crippen LogP contribution in [0.15, 0.2) is 0 Å². The summed E-state index contributed by atoms with van der Waals surface area (Å²) in [5.74, 6) is -0.524. The molecule has 0 atom stereocenters. The largest absolute Gasteiger partial charge is 0.480 e. The molecule has 0 bridgehead atoms. The molecule has 2 aliphatic rings. The second kappa shape index (κ2) is 5.26. The number of carbonyl (C=O) groups is 2. The molecule has 1 amide bonds.